The lowest BCUT2D eigenvalue weighted by Crippen LogP contribution is -2.51. The molecule has 2 unspecified atom stereocenters. The molecule has 0 bridgehead atoms. The molecule has 0 aliphatic carbocycles. The summed E-state index contributed by atoms with van der Waals surface area (Å²) in [6, 6.07) is -0.216. The second-order valence-electron chi connectivity index (χ2n) is 4.86. The molecule has 1 aliphatic rings. The average Bonchev–Trinajstić information content (AvgIpc) is 2.39. The van der Waals surface area contributed by atoms with Crippen molar-refractivity contribution in [1.82, 2.24) is 9.80 Å². The number of rotatable bonds is 5. The highest BCUT2D eigenvalue weighted by molar-refractivity contribution is 5.81. The normalized spacial score (nSPS) is 22.5. The lowest BCUT2D eigenvalue weighted by Gasteiger charge is -2.36. The van der Waals surface area contributed by atoms with E-state index in [4.69, 9.17) is 5.11 Å². The third kappa shape index (κ3) is 3.45. The topological polar surface area (TPSA) is 60.9 Å². The number of hydrogen-bond donors (Lipinski definition) is 1. The summed E-state index contributed by atoms with van der Waals surface area (Å²) >= 11 is 0. The zero-order chi connectivity index (χ0) is 13.7. The lowest BCUT2D eigenvalue weighted by molar-refractivity contribution is -0.146. The van der Waals surface area contributed by atoms with Gasteiger partial charge in [-0.15, -0.1) is 0 Å². The highest BCUT2D eigenvalue weighted by Gasteiger charge is 2.31. The smallest absolute Gasteiger partial charge is 0.307 e. The van der Waals surface area contributed by atoms with Gasteiger partial charge in [-0.2, -0.15) is 0 Å². The number of likely N-dealkylation sites (N-methyl/N-ethyl adjacent to an activating group) is 1. The number of nitrogens with zero attached hydrogens (tertiary/aromatic N) is 2. The highest BCUT2D eigenvalue weighted by Crippen LogP contribution is 2.19. The van der Waals surface area contributed by atoms with Crippen LogP contribution in [0.15, 0.2) is 0 Å². The molecule has 1 amide bonds. The van der Waals surface area contributed by atoms with Crippen LogP contribution in [0.4, 0.5) is 0 Å². The second kappa shape index (κ2) is 6.73. The van der Waals surface area contributed by atoms with Gasteiger partial charge in [0.1, 0.15) is 0 Å². The van der Waals surface area contributed by atoms with E-state index in [0.29, 0.717) is 19.6 Å². The molecule has 0 spiro atoms. The number of likely N-dealkylation sites (tertiary alicyclic amines) is 1. The van der Waals surface area contributed by atoms with Crippen molar-refractivity contribution >= 4 is 11.9 Å². The van der Waals surface area contributed by atoms with Gasteiger partial charge in [-0.1, -0.05) is 0 Å². The van der Waals surface area contributed by atoms with Gasteiger partial charge in [0.2, 0.25) is 5.91 Å². The summed E-state index contributed by atoms with van der Waals surface area (Å²) in [5, 5.41) is 9.06. The van der Waals surface area contributed by atoms with Crippen LogP contribution in [0.3, 0.4) is 0 Å². The third-order valence-electron chi connectivity index (χ3n) is 3.78. The van der Waals surface area contributed by atoms with E-state index >= 15 is 0 Å². The van der Waals surface area contributed by atoms with Crippen molar-refractivity contribution in [3.05, 3.63) is 0 Å². The molecule has 0 aromatic rings. The van der Waals surface area contributed by atoms with Crippen LogP contribution >= 0.6 is 0 Å². The van der Waals surface area contributed by atoms with E-state index in [9.17, 15) is 9.59 Å². The number of carbonyl (C=O) groups is 2. The maximum Gasteiger partial charge on any atom is 0.307 e. The first-order valence-corrected chi connectivity index (χ1v) is 6.76. The van der Waals surface area contributed by atoms with Crippen LogP contribution in [-0.4, -0.2) is 59.0 Å². The molecule has 104 valence electrons. The van der Waals surface area contributed by atoms with Gasteiger partial charge in [0.15, 0.2) is 0 Å². The average molecular weight is 256 g/mol. The fraction of sp³-hybridized carbons (Fsp3) is 0.846. The Morgan fingerprint density at radius 3 is 2.50 bits per heavy atom. The summed E-state index contributed by atoms with van der Waals surface area (Å²) < 4.78 is 0. The number of carboxylic acid groups (broad SMARTS) is 1. The first-order chi connectivity index (χ1) is 8.51. The molecule has 2 atom stereocenters. The Balaban J connectivity index is 2.62. The van der Waals surface area contributed by atoms with E-state index in [2.05, 4.69) is 0 Å². The van der Waals surface area contributed by atoms with Gasteiger partial charge in [0, 0.05) is 19.6 Å². The molecule has 0 saturated carbocycles. The zero-order valence-corrected chi connectivity index (χ0v) is 11.6. The van der Waals surface area contributed by atoms with Crippen LogP contribution in [0, 0.1) is 5.92 Å². The van der Waals surface area contributed by atoms with Crippen LogP contribution < -0.4 is 0 Å². The third-order valence-corrected chi connectivity index (χ3v) is 3.78. The number of amides is 1. The highest BCUT2D eigenvalue weighted by atomic mass is 16.4. The van der Waals surface area contributed by atoms with Gasteiger partial charge in [-0.25, -0.2) is 0 Å². The number of hydrogen-bond acceptors (Lipinski definition) is 3. The van der Waals surface area contributed by atoms with Crippen molar-refractivity contribution in [2.24, 2.45) is 5.92 Å². The Morgan fingerprint density at radius 2 is 2.00 bits per heavy atom. The first-order valence-electron chi connectivity index (χ1n) is 6.76. The Morgan fingerprint density at radius 1 is 1.39 bits per heavy atom. The van der Waals surface area contributed by atoms with Crippen LogP contribution in [0.5, 0.6) is 0 Å². The van der Waals surface area contributed by atoms with Crippen LogP contribution in [0.2, 0.25) is 0 Å². The molecule has 0 aromatic carbocycles. The molecule has 0 radical (unpaired) electrons. The molecule has 5 heteroatoms. The minimum absolute atomic E-state index is 0.103. The van der Waals surface area contributed by atoms with Gasteiger partial charge in [-0.3, -0.25) is 14.5 Å². The quantitative estimate of drug-likeness (QED) is 0.798. The molecule has 18 heavy (non-hydrogen) atoms. The molecule has 1 rings (SSSR count). The summed E-state index contributed by atoms with van der Waals surface area (Å²) in [6.07, 6.45) is 1.57. The number of carboxylic acids is 1. The summed E-state index contributed by atoms with van der Waals surface area (Å²) in [6.45, 7) is 8.52. The number of carbonyl (C=O) groups excluding carboxylic acids is 1. The molecule has 0 aromatic heterocycles. The standard InChI is InChI=1S/C13H24N2O3/c1-4-14(5-2)12(16)10(3)15-8-6-7-11(9-15)13(17)18/h10-11H,4-9H2,1-3H3,(H,17,18). The molecular formula is C13H24N2O3. The lowest BCUT2D eigenvalue weighted by atomic mass is 9.97. The van der Waals surface area contributed by atoms with Crippen LogP contribution in [0.1, 0.15) is 33.6 Å². The second-order valence-corrected chi connectivity index (χ2v) is 4.86. The summed E-state index contributed by atoms with van der Waals surface area (Å²) in [4.78, 5) is 27.0. The molecule has 1 saturated heterocycles. The minimum Gasteiger partial charge on any atom is -0.481 e. The van der Waals surface area contributed by atoms with Crippen molar-refractivity contribution in [1.29, 1.82) is 0 Å². The van der Waals surface area contributed by atoms with Gasteiger partial charge in [0.05, 0.1) is 12.0 Å². The molecule has 1 aliphatic heterocycles. The Kier molecular flexibility index (Phi) is 5.59. The van der Waals surface area contributed by atoms with Crippen molar-refractivity contribution < 1.29 is 14.7 Å². The number of piperidine rings is 1. The maximum atomic E-state index is 12.2. The summed E-state index contributed by atoms with van der Waals surface area (Å²) in [5.41, 5.74) is 0. The van der Waals surface area contributed by atoms with E-state index in [-0.39, 0.29) is 17.9 Å². The van der Waals surface area contributed by atoms with E-state index in [0.717, 1.165) is 19.4 Å². The molecule has 1 heterocycles. The zero-order valence-electron chi connectivity index (χ0n) is 11.6. The predicted molar refractivity (Wildman–Crippen MR) is 69.3 cm³/mol. The minimum atomic E-state index is -0.748. The fourth-order valence-electron chi connectivity index (χ4n) is 2.52. The van der Waals surface area contributed by atoms with Gasteiger partial charge in [0.25, 0.3) is 0 Å². The Bertz CT molecular complexity index is 303. The monoisotopic (exact) mass is 256 g/mol. The molecule has 5 nitrogen and oxygen atoms in total. The Labute approximate surface area is 109 Å². The van der Waals surface area contributed by atoms with Crippen molar-refractivity contribution in [2.75, 3.05) is 26.2 Å². The van der Waals surface area contributed by atoms with Crippen LogP contribution in [-0.2, 0) is 9.59 Å². The van der Waals surface area contributed by atoms with Crippen molar-refractivity contribution in [3.63, 3.8) is 0 Å². The predicted octanol–water partition coefficient (Wildman–Crippen LogP) is 1.04. The Hall–Kier alpha value is -1.10. The molecular weight excluding hydrogens is 232 g/mol. The summed E-state index contributed by atoms with van der Waals surface area (Å²) in [7, 11) is 0. The van der Waals surface area contributed by atoms with Gasteiger partial charge < -0.3 is 10.0 Å². The van der Waals surface area contributed by atoms with Gasteiger partial charge in [-0.05, 0) is 40.2 Å². The van der Waals surface area contributed by atoms with E-state index in [1.165, 1.54) is 0 Å². The first kappa shape index (κ1) is 15.0. The SMILES string of the molecule is CCN(CC)C(=O)C(C)N1CCCC(C(=O)O)C1. The maximum absolute atomic E-state index is 12.2. The van der Waals surface area contributed by atoms with Crippen molar-refractivity contribution in [2.45, 2.75) is 39.7 Å². The van der Waals surface area contributed by atoms with E-state index in [1.807, 2.05) is 25.7 Å². The van der Waals surface area contributed by atoms with E-state index < -0.39 is 5.97 Å². The van der Waals surface area contributed by atoms with Gasteiger partial charge >= 0.3 is 5.97 Å². The van der Waals surface area contributed by atoms with Crippen molar-refractivity contribution in [3.8, 4) is 0 Å². The fourth-order valence-corrected chi connectivity index (χ4v) is 2.52. The largest absolute Gasteiger partial charge is 0.481 e. The summed E-state index contributed by atoms with van der Waals surface area (Å²) in [5.74, 6) is -0.973. The number of aliphatic carboxylic acids is 1. The van der Waals surface area contributed by atoms with Crippen LogP contribution in [0.25, 0.3) is 0 Å². The van der Waals surface area contributed by atoms with E-state index in [1.54, 1.807) is 4.90 Å². The molecule has 1 fully saturated rings. The molecule has 1 N–H and O–H groups in total.